The average molecular weight is 225 g/mol. The molecule has 1 aromatic rings. The first-order valence-electron chi connectivity index (χ1n) is 5.23. The van der Waals surface area contributed by atoms with Crippen LogP contribution in [0.1, 0.15) is 37.4 Å². The van der Waals surface area contributed by atoms with Crippen molar-refractivity contribution in [1.82, 2.24) is 4.72 Å². The van der Waals surface area contributed by atoms with Gasteiger partial charge in [-0.05, 0) is 30.0 Å². The summed E-state index contributed by atoms with van der Waals surface area (Å²) < 4.78 is 26.2. The van der Waals surface area contributed by atoms with Gasteiger partial charge in [0.2, 0.25) is 10.0 Å². The molecule has 1 aromatic carbocycles. The van der Waals surface area contributed by atoms with Gasteiger partial charge in [0.15, 0.2) is 0 Å². The van der Waals surface area contributed by atoms with Crippen LogP contribution >= 0.6 is 0 Å². The van der Waals surface area contributed by atoms with Crippen molar-refractivity contribution < 1.29 is 8.42 Å². The van der Waals surface area contributed by atoms with Crippen molar-refractivity contribution in [3.8, 4) is 0 Å². The van der Waals surface area contributed by atoms with Gasteiger partial charge in [-0.2, -0.15) is 0 Å². The molecule has 1 atom stereocenters. The Kier molecular flexibility index (Phi) is 2.56. The van der Waals surface area contributed by atoms with Crippen LogP contribution in [0.3, 0.4) is 0 Å². The third-order valence-corrected chi connectivity index (χ3v) is 4.38. The Morgan fingerprint density at radius 2 is 2.07 bits per heavy atom. The van der Waals surface area contributed by atoms with Crippen LogP contribution in [-0.2, 0) is 16.4 Å². The molecule has 2 rings (SSSR count). The van der Waals surface area contributed by atoms with Gasteiger partial charge in [0.05, 0.1) is 4.90 Å². The summed E-state index contributed by atoms with van der Waals surface area (Å²) in [4.78, 5) is 0.466. The summed E-state index contributed by atoms with van der Waals surface area (Å²) in [5.41, 5.74) is 1.98. The van der Waals surface area contributed by atoms with Crippen LogP contribution in [0, 0.1) is 0 Å². The van der Waals surface area contributed by atoms with Crippen molar-refractivity contribution in [2.45, 2.75) is 37.6 Å². The second-order valence-electron chi connectivity index (χ2n) is 3.81. The highest BCUT2D eigenvalue weighted by atomic mass is 32.2. The van der Waals surface area contributed by atoms with Crippen LogP contribution in [0.2, 0.25) is 0 Å². The number of hydrogen-bond donors (Lipinski definition) is 1. The monoisotopic (exact) mass is 225 g/mol. The second kappa shape index (κ2) is 3.61. The van der Waals surface area contributed by atoms with Gasteiger partial charge < -0.3 is 0 Å². The fourth-order valence-corrected chi connectivity index (χ4v) is 3.56. The average Bonchev–Trinajstić information content (AvgIpc) is 2.50. The topological polar surface area (TPSA) is 46.2 Å². The van der Waals surface area contributed by atoms with Gasteiger partial charge in [0.1, 0.15) is 0 Å². The number of hydrogen-bond acceptors (Lipinski definition) is 2. The maximum absolute atomic E-state index is 11.8. The Balaban J connectivity index is 2.60. The number of benzene rings is 1. The van der Waals surface area contributed by atoms with Crippen LogP contribution in [0.4, 0.5) is 0 Å². The molecule has 4 heteroatoms. The van der Waals surface area contributed by atoms with Gasteiger partial charge in [-0.25, -0.2) is 13.1 Å². The lowest BCUT2D eigenvalue weighted by molar-refractivity contribution is 0.571. The zero-order valence-corrected chi connectivity index (χ0v) is 9.76. The lowest BCUT2D eigenvalue weighted by Crippen LogP contribution is -2.18. The predicted octanol–water partition coefficient (Wildman–Crippen LogP) is 1.99. The van der Waals surface area contributed by atoms with Crippen LogP contribution in [0.5, 0.6) is 0 Å². The molecule has 3 nitrogen and oxygen atoms in total. The molecule has 0 saturated carbocycles. The van der Waals surface area contributed by atoms with Gasteiger partial charge in [-0.15, -0.1) is 0 Å². The number of fused-ring (bicyclic) bond motifs is 1. The molecular weight excluding hydrogens is 210 g/mol. The lowest BCUT2D eigenvalue weighted by atomic mass is 10.0. The van der Waals surface area contributed by atoms with Gasteiger partial charge >= 0.3 is 0 Å². The smallest absolute Gasteiger partial charge is 0.207 e. The van der Waals surface area contributed by atoms with Crippen molar-refractivity contribution in [1.29, 1.82) is 0 Å². The Labute approximate surface area is 90.6 Å². The summed E-state index contributed by atoms with van der Waals surface area (Å²) in [6.07, 6.45) is 1.65. The van der Waals surface area contributed by atoms with E-state index in [0.29, 0.717) is 4.90 Å². The first-order chi connectivity index (χ1) is 7.08. The van der Waals surface area contributed by atoms with E-state index in [4.69, 9.17) is 0 Å². The molecule has 0 bridgehead atoms. The van der Waals surface area contributed by atoms with Crippen molar-refractivity contribution >= 4 is 10.0 Å². The quantitative estimate of drug-likeness (QED) is 0.836. The molecule has 1 N–H and O–H groups in total. The highest BCUT2D eigenvalue weighted by Crippen LogP contribution is 2.33. The fourth-order valence-electron chi connectivity index (χ4n) is 1.94. The maximum Gasteiger partial charge on any atom is 0.241 e. The summed E-state index contributed by atoms with van der Waals surface area (Å²) in [6, 6.07) is 5.67. The minimum absolute atomic E-state index is 0.0455. The molecule has 0 amide bonds. The van der Waals surface area contributed by atoms with Crippen molar-refractivity contribution in [2.75, 3.05) is 0 Å². The highest BCUT2D eigenvalue weighted by molar-refractivity contribution is 7.89. The summed E-state index contributed by atoms with van der Waals surface area (Å²) in [7, 11) is -3.25. The van der Waals surface area contributed by atoms with E-state index in [1.54, 1.807) is 6.07 Å². The zero-order chi connectivity index (χ0) is 11.1. The van der Waals surface area contributed by atoms with Gasteiger partial charge in [0.25, 0.3) is 0 Å². The third-order valence-electron chi connectivity index (χ3n) is 2.86. The van der Waals surface area contributed by atoms with Gasteiger partial charge in [-0.1, -0.05) is 26.0 Å². The van der Waals surface area contributed by atoms with Gasteiger partial charge in [0, 0.05) is 6.04 Å². The molecule has 0 spiro atoms. The molecule has 82 valence electrons. The standard InChI is InChI=1S/C11H15NO2S/c1-3-8-5-6-9-10(4-2)12-15(13,14)11(9)7-8/h5-7,10,12H,3-4H2,1-2H3/t10-/m0/s1. The normalized spacial score (nSPS) is 22.7. The summed E-state index contributed by atoms with van der Waals surface area (Å²) >= 11 is 0. The Hall–Kier alpha value is -0.870. The number of nitrogens with one attached hydrogen (secondary N) is 1. The molecule has 15 heavy (non-hydrogen) atoms. The number of aryl methyl sites for hydroxylation is 1. The molecule has 1 aliphatic rings. The van der Waals surface area contributed by atoms with Crippen LogP contribution in [0.15, 0.2) is 23.1 Å². The summed E-state index contributed by atoms with van der Waals surface area (Å²) in [5, 5.41) is 0. The molecule has 0 radical (unpaired) electrons. The minimum atomic E-state index is -3.25. The Morgan fingerprint density at radius 3 is 2.67 bits per heavy atom. The van der Waals surface area contributed by atoms with Crippen LogP contribution in [0.25, 0.3) is 0 Å². The van der Waals surface area contributed by atoms with Crippen molar-refractivity contribution in [3.63, 3.8) is 0 Å². The minimum Gasteiger partial charge on any atom is -0.207 e. The first kappa shape index (κ1) is 10.6. The largest absolute Gasteiger partial charge is 0.241 e. The summed E-state index contributed by atoms with van der Waals surface area (Å²) in [6.45, 7) is 4.00. The van der Waals surface area contributed by atoms with Crippen LogP contribution < -0.4 is 4.72 Å². The van der Waals surface area contributed by atoms with Crippen LogP contribution in [-0.4, -0.2) is 8.42 Å². The molecular formula is C11H15NO2S. The Morgan fingerprint density at radius 1 is 1.33 bits per heavy atom. The molecule has 1 heterocycles. The Bertz CT molecular complexity index is 479. The molecule has 1 aliphatic heterocycles. The molecule has 0 unspecified atom stereocenters. The highest BCUT2D eigenvalue weighted by Gasteiger charge is 2.32. The number of rotatable bonds is 2. The van der Waals surface area contributed by atoms with Crippen molar-refractivity contribution in [3.05, 3.63) is 29.3 Å². The van der Waals surface area contributed by atoms with E-state index in [0.717, 1.165) is 24.0 Å². The van der Waals surface area contributed by atoms with E-state index in [1.165, 1.54) is 0 Å². The molecule has 0 aromatic heterocycles. The van der Waals surface area contributed by atoms with E-state index < -0.39 is 10.0 Å². The van der Waals surface area contributed by atoms with Gasteiger partial charge in [-0.3, -0.25) is 0 Å². The second-order valence-corrected chi connectivity index (χ2v) is 5.49. The van der Waals surface area contributed by atoms with Crippen molar-refractivity contribution in [2.24, 2.45) is 0 Å². The molecule has 0 fully saturated rings. The maximum atomic E-state index is 11.8. The molecule has 0 saturated heterocycles. The van der Waals surface area contributed by atoms with E-state index in [2.05, 4.69) is 4.72 Å². The van der Waals surface area contributed by atoms with E-state index in [-0.39, 0.29) is 6.04 Å². The summed E-state index contributed by atoms with van der Waals surface area (Å²) in [5.74, 6) is 0. The fraction of sp³-hybridized carbons (Fsp3) is 0.455. The van der Waals surface area contributed by atoms with E-state index >= 15 is 0 Å². The van der Waals surface area contributed by atoms with E-state index in [9.17, 15) is 8.42 Å². The first-order valence-corrected chi connectivity index (χ1v) is 6.72. The van der Waals surface area contributed by atoms with E-state index in [1.807, 2.05) is 26.0 Å². The lowest BCUT2D eigenvalue weighted by Gasteiger charge is -2.06. The third kappa shape index (κ3) is 1.68. The SMILES string of the molecule is CCc1ccc2c(c1)S(=O)(=O)N[C@H]2CC. The zero-order valence-electron chi connectivity index (χ0n) is 8.95. The predicted molar refractivity (Wildman–Crippen MR) is 59.2 cm³/mol. The molecule has 0 aliphatic carbocycles. The number of sulfonamides is 1.